The first-order chi connectivity index (χ1) is 13.1. The SMILES string of the molecule is Cc1cc(C(=O)OCC(=O)N2N=C(c3cccs3)C[C@@H]2c2cccs2)on1. The molecule has 1 aliphatic rings. The topological polar surface area (TPSA) is 85.0 Å². The number of carbonyl (C=O) groups excluding carboxylic acids is 2. The number of hydrogen-bond acceptors (Lipinski definition) is 8. The first-order valence-electron chi connectivity index (χ1n) is 8.19. The van der Waals surface area contributed by atoms with E-state index in [1.165, 1.54) is 11.1 Å². The Morgan fingerprint density at radius 1 is 1.30 bits per heavy atom. The summed E-state index contributed by atoms with van der Waals surface area (Å²) < 4.78 is 9.94. The minimum absolute atomic E-state index is 0.0284. The van der Waals surface area contributed by atoms with Gasteiger partial charge in [-0.1, -0.05) is 17.3 Å². The van der Waals surface area contributed by atoms with Crippen molar-refractivity contribution in [1.29, 1.82) is 0 Å². The van der Waals surface area contributed by atoms with Crippen molar-refractivity contribution in [2.24, 2.45) is 5.10 Å². The molecule has 9 heteroatoms. The van der Waals surface area contributed by atoms with Gasteiger partial charge in [0.25, 0.3) is 5.91 Å². The van der Waals surface area contributed by atoms with Crippen molar-refractivity contribution in [3.63, 3.8) is 0 Å². The molecule has 3 aromatic heterocycles. The zero-order valence-electron chi connectivity index (χ0n) is 14.3. The summed E-state index contributed by atoms with van der Waals surface area (Å²) in [6.45, 7) is 1.28. The van der Waals surface area contributed by atoms with Crippen LogP contribution < -0.4 is 0 Å². The predicted octanol–water partition coefficient (Wildman–Crippen LogP) is 3.64. The predicted molar refractivity (Wildman–Crippen MR) is 101 cm³/mol. The van der Waals surface area contributed by atoms with Gasteiger partial charge < -0.3 is 9.26 Å². The number of aromatic nitrogens is 1. The number of nitrogens with zero attached hydrogens (tertiary/aromatic N) is 3. The number of hydrogen-bond donors (Lipinski definition) is 0. The zero-order valence-corrected chi connectivity index (χ0v) is 16.0. The van der Waals surface area contributed by atoms with Gasteiger partial charge in [-0.25, -0.2) is 9.80 Å². The Balaban J connectivity index is 1.49. The third-order valence-electron chi connectivity index (χ3n) is 4.00. The summed E-state index contributed by atoms with van der Waals surface area (Å²) in [7, 11) is 0. The van der Waals surface area contributed by atoms with Crippen LogP contribution in [0.1, 0.15) is 38.5 Å². The molecule has 0 unspecified atom stereocenters. The quantitative estimate of drug-likeness (QED) is 0.610. The Hall–Kier alpha value is -2.78. The van der Waals surface area contributed by atoms with E-state index < -0.39 is 12.6 Å². The van der Waals surface area contributed by atoms with Gasteiger partial charge in [-0.15, -0.1) is 22.7 Å². The molecule has 1 amide bonds. The van der Waals surface area contributed by atoms with Crippen LogP contribution in [-0.2, 0) is 9.53 Å². The maximum Gasteiger partial charge on any atom is 0.377 e. The molecule has 3 aromatic rings. The summed E-state index contributed by atoms with van der Waals surface area (Å²) in [4.78, 5) is 26.8. The fraction of sp³-hybridized carbons (Fsp3) is 0.222. The van der Waals surface area contributed by atoms with Crippen LogP contribution >= 0.6 is 22.7 Å². The molecule has 7 nitrogen and oxygen atoms in total. The highest BCUT2D eigenvalue weighted by molar-refractivity contribution is 7.12. The van der Waals surface area contributed by atoms with E-state index in [0.29, 0.717) is 12.1 Å². The molecule has 0 saturated carbocycles. The second kappa shape index (κ2) is 7.45. The first-order valence-corrected chi connectivity index (χ1v) is 9.95. The van der Waals surface area contributed by atoms with Gasteiger partial charge in [0.2, 0.25) is 5.76 Å². The van der Waals surface area contributed by atoms with E-state index in [1.54, 1.807) is 29.6 Å². The maximum atomic E-state index is 12.7. The molecule has 0 aromatic carbocycles. The molecule has 0 saturated heterocycles. The van der Waals surface area contributed by atoms with Crippen molar-refractivity contribution >= 4 is 40.3 Å². The Kier molecular flexibility index (Phi) is 4.87. The van der Waals surface area contributed by atoms with E-state index >= 15 is 0 Å². The van der Waals surface area contributed by atoms with Crippen LogP contribution in [0.5, 0.6) is 0 Å². The van der Waals surface area contributed by atoms with Gasteiger partial charge in [0.05, 0.1) is 22.3 Å². The lowest BCUT2D eigenvalue weighted by molar-refractivity contribution is -0.136. The van der Waals surface area contributed by atoms with Crippen LogP contribution in [0.2, 0.25) is 0 Å². The van der Waals surface area contributed by atoms with Gasteiger partial charge in [-0.3, -0.25) is 4.79 Å². The van der Waals surface area contributed by atoms with Gasteiger partial charge in [-0.05, 0) is 29.8 Å². The average molecular weight is 401 g/mol. The second-order valence-corrected chi connectivity index (χ2v) is 7.83. The van der Waals surface area contributed by atoms with Crippen LogP contribution in [0.15, 0.2) is 50.7 Å². The summed E-state index contributed by atoms with van der Waals surface area (Å²) in [5.74, 6) is -1.14. The number of rotatable bonds is 5. The summed E-state index contributed by atoms with van der Waals surface area (Å²) in [5, 5.41) is 13.5. The highest BCUT2D eigenvalue weighted by atomic mass is 32.1. The minimum atomic E-state index is -0.724. The summed E-state index contributed by atoms with van der Waals surface area (Å²) in [5.41, 5.74) is 1.42. The average Bonchev–Trinajstić information content (AvgIpc) is 3.45. The van der Waals surface area contributed by atoms with Crippen LogP contribution in [0.3, 0.4) is 0 Å². The molecule has 4 heterocycles. The smallest absolute Gasteiger partial charge is 0.377 e. The van der Waals surface area contributed by atoms with E-state index in [4.69, 9.17) is 9.26 Å². The zero-order chi connectivity index (χ0) is 18.8. The third kappa shape index (κ3) is 3.69. The van der Waals surface area contributed by atoms with Crippen LogP contribution in [-0.4, -0.2) is 34.4 Å². The van der Waals surface area contributed by atoms with E-state index in [2.05, 4.69) is 10.3 Å². The molecule has 0 N–H and O–H groups in total. The normalized spacial score (nSPS) is 16.4. The number of esters is 1. The van der Waals surface area contributed by atoms with Crippen molar-refractivity contribution in [3.8, 4) is 0 Å². The molecule has 0 spiro atoms. The highest BCUT2D eigenvalue weighted by Crippen LogP contribution is 2.35. The van der Waals surface area contributed by atoms with Crippen molar-refractivity contribution in [2.75, 3.05) is 6.61 Å². The van der Waals surface area contributed by atoms with Crippen LogP contribution in [0, 0.1) is 6.92 Å². The summed E-state index contributed by atoms with van der Waals surface area (Å²) in [6, 6.07) is 9.12. The van der Waals surface area contributed by atoms with Crippen molar-refractivity contribution in [1.82, 2.24) is 10.2 Å². The van der Waals surface area contributed by atoms with Crippen molar-refractivity contribution < 1.29 is 18.8 Å². The molecule has 0 fully saturated rings. The molecular weight excluding hydrogens is 386 g/mol. The molecular formula is C18H15N3O4S2. The monoisotopic (exact) mass is 401 g/mol. The standard InChI is InChI=1S/C18H15N3O4S2/c1-11-8-14(25-20-11)18(23)24-10-17(22)21-13(16-5-3-7-27-16)9-12(19-21)15-4-2-6-26-15/h2-8,13H,9-10H2,1H3/t13-/m1/s1. The van der Waals surface area contributed by atoms with E-state index in [0.717, 1.165) is 15.5 Å². The lowest BCUT2D eigenvalue weighted by Gasteiger charge is -2.20. The molecule has 1 atom stereocenters. The van der Waals surface area contributed by atoms with Gasteiger partial charge in [0, 0.05) is 17.4 Å². The maximum absolute atomic E-state index is 12.7. The molecule has 27 heavy (non-hydrogen) atoms. The van der Waals surface area contributed by atoms with Crippen molar-refractivity contribution in [3.05, 3.63) is 62.3 Å². The van der Waals surface area contributed by atoms with E-state index in [-0.39, 0.29) is 17.7 Å². The molecule has 0 radical (unpaired) electrons. The van der Waals surface area contributed by atoms with E-state index in [1.807, 2.05) is 35.0 Å². The number of aryl methyl sites for hydroxylation is 1. The number of carbonyl (C=O) groups is 2. The first kappa shape index (κ1) is 17.6. The number of hydrazone groups is 1. The Labute approximate surface area is 162 Å². The van der Waals surface area contributed by atoms with Gasteiger partial charge in [0.1, 0.15) is 0 Å². The second-order valence-electron chi connectivity index (χ2n) is 5.91. The fourth-order valence-electron chi connectivity index (χ4n) is 2.76. The number of amides is 1. The van der Waals surface area contributed by atoms with E-state index in [9.17, 15) is 9.59 Å². The largest absolute Gasteiger partial charge is 0.450 e. The number of ether oxygens (including phenoxy) is 1. The van der Waals surface area contributed by atoms with Gasteiger partial charge >= 0.3 is 5.97 Å². The Morgan fingerprint density at radius 3 is 2.78 bits per heavy atom. The lowest BCUT2D eigenvalue weighted by Crippen LogP contribution is -2.31. The molecule has 4 rings (SSSR count). The Morgan fingerprint density at radius 2 is 2.11 bits per heavy atom. The van der Waals surface area contributed by atoms with Crippen LogP contribution in [0.4, 0.5) is 0 Å². The summed E-state index contributed by atoms with van der Waals surface area (Å²) in [6.07, 6.45) is 0.627. The Bertz CT molecular complexity index is 976. The lowest BCUT2D eigenvalue weighted by atomic mass is 10.1. The summed E-state index contributed by atoms with van der Waals surface area (Å²) >= 11 is 3.15. The molecule has 0 bridgehead atoms. The third-order valence-corrected chi connectivity index (χ3v) is 5.89. The van der Waals surface area contributed by atoms with Crippen molar-refractivity contribution in [2.45, 2.75) is 19.4 Å². The molecule has 0 aliphatic carbocycles. The highest BCUT2D eigenvalue weighted by Gasteiger charge is 2.34. The fourth-order valence-corrected chi connectivity index (χ4v) is 4.29. The van der Waals surface area contributed by atoms with Crippen LogP contribution in [0.25, 0.3) is 0 Å². The minimum Gasteiger partial charge on any atom is -0.450 e. The molecule has 1 aliphatic heterocycles. The van der Waals surface area contributed by atoms with Gasteiger partial charge in [0.15, 0.2) is 6.61 Å². The van der Waals surface area contributed by atoms with Gasteiger partial charge in [-0.2, -0.15) is 5.10 Å². The number of thiophene rings is 2. The molecule has 138 valence electrons.